The monoisotopic (exact) mass is 563 g/mol. The van der Waals surface area contributed by atoms with Crippen LogP contribution in [0.3, 0.4) is 0 Å². The quantitative estimate of drug-likeness (QED) is 0.148. The van der Waals surface area contributed by atoms with Crippen LogP contribution in [0.15, 0.2) is 60.8 Å². The summed E-state index contributed by atoms with van der Waals surface area (Å²) >= 11 is 0. The van der Waals surface area contributed by atoms with E-state index in [2.05, 4.69) is 63.4 Å². The Labute approximate surface area is 235 Å². The van der Waals surface area contributed by atoms with E-state index in [-0.39, 0.29) is 17.5 Å². The Morgan fingerprint density at radius 2 is 1.71 bits per heavy atom. The molecule has 0 spiro atoms. The average molecular weight is 564 g/mol. The maximum atomic E-state index is 13.7. The molecule has 0 saturated heterocycles. The zero-order valence-corrected chi connectivity index (χ0v) is 23.2. The van der Waals surface area contributed by atoms with Crippen molar-refractivity contribution in [1.29, 1.82) is 0 Å². The van der Waals surface area contributed by atoms with Gasteiger partial charge in [0.2, 0.25) is 5.95 Å². The molecule has 0 aliphatic carbocycles. The molecule has 2 heterocycles. The molecule has 0 aliphatic heterocycles. The lowest BCUT2D eigenvalue weighted by Crippen LogP contribution is -2.33. The lowest BCUT2D eigenvalue weighted by atomic mass is 10.1. The fourth-order valence-corrected chi connectivity index (χ4v) is 4.88. The van der Waals surface area contributed by atoms with Gasteiger partial charge in [-0.1, -0.05) is 39.8 Å². The fraction of sp³-hybridized carbons (Fsp3) is 0.300. The number of para-hydroxylation sites is 1. The Morgan fingerprint density at radius 1 is 0.976 bits per heavy atom. The zero-order chi connectivity index (χ0) is 29.3. The van der Waals surface area contributed by atoms with E-state index in [1.54, 1.807) is 12.3 Å². The summed E-state index contributed by atoms with van der Waals surface area (Å²) in [6, 6.07) is 14.3. The van der Waals surface area contributed by atoms with Gasteiger partial charge >= 0.3 is 6.18 Å². The molecule has 0 aliphatic rings. The molecule has 11 heteroatoms. The van der Waals surface area contributed by atoms with E-state index in [0.29, 0.717) is 52.9 Å². The van der Waals surface area contributed by atoms with Crippen molar-refractivity contribution in [2.24, 2.45) is 11.8 Å². The lowest BCUT2D eigenvalue weighted by molar-refractivity contribution is -0.136. The molecule has 0 radical (unpaired) electrons. The number of aromatic nitrogens is 4. The highest BCUT2D eigenvalue weighted by Crippen LogP contribution is 2.36. The Balaban J connectivity index is 1.56. The van der Waals surface area contributed by atoms with Crippen molar-refractivity contribution in [3.8, 4) is 0 Å². The van der Waals surface area contributed by atoms with Crippen molar-refractivity contribution in [3.05, 3.63) is 71.9 Å². The van der Waals surface area contributed by atoms with Gasteiger partial charge in [0.1, 0.15) is 0 Å². The van der Waals surface area contributed by atoms with Gasteiger partial charge in [-0.25, -0.2) is 4.98 Å². The zero-order valence-electron chi connectivity index (χ0n) is 23.2. The fourth-order valence-electron chi connectivity index (χ4n) is 4.88. The van der Waals surface area contributed by atoms with Crippen molar-refractivity contribution >= 4 is 50.9 Å². The third kappa shape index (κ3) is 6.29. The minimum atomic E-state index is -4.53. The number of H-pyrrole nitrogens is 2. The number of rotatable bonds is 9. The number of benzene rings is 3. The molecular weight excluding hydrogens is 531 g/mol. The number of nitrogens with zero attached hydrogens (tertiary/aromatic N) is 3. The maximum absolute atomic E-state index is 13.7. The van der Waals surface area contributed by atoms with Crippen molar-refractivity contribution in [3.63, 3.8) is 0 Å². The second-order valence-electron chi connectivity index (χ2n) is 11.0. The number of hydrogen-bond acceptors (Lipinski definition) is 5. The Hall–Kier alpha value is -4.54. The van der Waals surface area contributed by atoms with Crippen LogP contribution < -0.4 is 15.5 Å². The number of aromatic amines is 2. The van der Waals surface area contributed by atoms with Crippen molar-refractivity contribution < 1.29 is 18.0 Å². The van der Waals surface area contributed by atoms with Crippen molar-refractivity contribution in [1.82, 2.24) is 20.2 Å². The molecule has 8 nitrogen and oxygen atoms in total. The van der Waals surface area contributed by atoms with Gasteiger partial charge in [-0.15, -0.1) is 0 Å². The molecule has 0 unspecified atom stereocenters. The molecule has 5 aromatic rings. The predicted octanol–water partition coefficient (Wildman–Crippen LogP) is 7.57. The standard InChI is InChI=1S/C30H32F3N7O/c1-17(2)15-40(16-18(3)4)27-13-26-25(37-29(38-26)36-23-8-6-5-7-22(23)30(31,32)33)12-21(27)28(41)35-20-10-9-19-14-34-39-24(19)11-20/h5-14,17-18H,15-16H2,1-4H3,(H,34,39)(H,35,41)(H2,36,37,38). The Morgan fingerprint density at radius 3 is 2.41 bits per heavy atom. The Kier molecular flexibility index (Phi) is 7.61. The topological polar surface area (TPSA) is 102 Å². The van der Waals surface area contributed by atoms with Gasteiger partial charge in [0.15, 0.2) is 0 Å². The molecular formula is C30H32F3N7O. The second kappa shape index (κ2) is 11.1. The number of amides is 1. The molecule has 0 fully saturated rings. The number of nitrogens with one attached hydrogen (secondary N) is 4. The van der Waals surface area contributed by atoms with Crippen LogP contribution in [0.4, 0.5) is 36.2 Å². The van der Waals surface area contributed by atoms with Gasteiger partial charge in [0.05, 0.1) is 45.2 Å². The highest BCUT2D eigenvalue weighted by molar-refractivity contribution is 6.11. The number of halogens is 3. The Bertz CT molecular complexity index is 1680. The normalized spacial score (nSPS) is 12.0. The molecule has 0 saturated carbocycles. The largest absolute Gasteiger partial charge is 0.418 e. The van der Waals surface area contributed by atoms with Crippen LogP contribution in [0, 0.1) is 11.8 Å². The van der Waals surface area contributed by atoms with Gasteiger partial charge in [-0.05, 0) is 54.3 Å². The number of imidazole rings is 1. The summed E-state index contributed by atoms with van der Waals surface area (Å²) in [5.74, 6) is 0.464. The molecule has 41 heavy (non-hydrogen) atoms. The first-order valence-electron chi connectivity index (χ1n) is 13.4. The molecule has 3 aromatic carbocycles. The number of carbonyl (C=O) groups excluding carboxylic acids is 1. The van der Waals surface area contributed by atoms with Crippen LogP contribution in [0.5, 0.6) is 0 Å². The predicted molar refractivity (Wildman–Crippen MR) is 157 cm³/mol. The first-order valence-corrected chi connectivity index (χ1v) is 13.4. The van der Waals surface area contributed by atoms with Crippen molar-refractivity contribution in [2.45, 2.75) is 33.9 Å². The first kappa shape index (κ1) is 28.0. The molecule has 0 bridgehead atoms. The SMILES string of the molecule is CC(C)CN(CC(C)C)c1cc2nc(Nc3ccccc3C(F)(F)F)[nH]c2cc1C(=O)Nc1ccc2cn[nH]c2c1. The van der Waals surface area contributed by atoms with E-state index in [1.165, 1.54) is 18.2 Å². The van der Waals surface area contributed by atoms with Gasteiger partial charge in [0.25, 0.3) is 5.91 Å². The maximum Gasteiger partial charge on any atom is 0.418 e. The molecule has 2 aromatic heterocycles. The molecule has 1 amide bonds. The summed E-state index contributed by atoms with van der Waals surface area (Å²) in [7, 11) is 0. The van der Waals surface area contributed by atoms with Crippen LogP contribution in [0.2, 0.25) is 0 Å². The second-order valence-corrected chi connectivity index (χ2v) is 11.0. The van der Waals surface area contributed by atoms with E-state index in [1.807, 2.05) is 24.3 Å². The van der Waals surface area contributed by atoms with Crippen LogP contribution >= 0.6 is 0 Å². The highest BCUT2D eigenvalue weighted by atomic mass is 19.4. The number of hydrogen-bond donors (Lipinski definition) is 4. The van der Waals surface area contributed by atoms with E-state index in [9.17, 15) is 18.0 Å². The van der Waals surface area contributed by atoms with Crippen LogP contribution in [0.25, 0.3) is 21.9 Å². The summed E-state index contributed by atoms with van der Waals surface area (Å²) in [5.41, 5.74) is 2.66. The smallest absolute Gasteiger partial charge is 0.370 e. The summed E-state index contributed by atoms with van der Waals surface area (Å²) in [5, 5.41) is 13.6. The third-order valence-electron chi connectivity index (χ3n) is 6.54. The van der Waals surface area contributed by atoms with Gasteiger partial charge in [0, 0.05) is 24.2 Å². The minimum absolute atomic E-state index is 0.118. The summed E-state index contributed by atoms with van der Waals surface area (Å²) in [6.45, 7) is 9.86. The average Bonchev–Trinajstić information content (AvgIpc) is 3.52. The number of carbonyl (C=O) groups is 1. The lowest BCUT2D eigenvalue weighted by Gasteiger charge is -2.30. The van der Waals surface area contributed by atoms with E-state index >= 15 is 0 Å². The summed E-state index contributed by atoms with van der Waals surface area (Å²) in [6.07, 6.45) is -2.82. The molecule has 214 valence electrons. The molecule has 5 rings (SSSR count). The number of fused-ring (bicyclic) bond motifs is 2. The van der Waals surface area contributed by atoms with E-state index in [4.69, 9.17) is 0 Å². The minimum Gasteiger partial charge on any atom is -0.370 e. The van der Waals surface area contributed by atoms with Crippen molar-refractivity contribution in [2.75, 3.05) is 28.6 Å². The van der Waals surface area contributed by atoms with Crippen LogP contribution in [0.1, 0.15) is 43.6 Å². The van der Waals surface area contributed by atoms with Crippen LogP contribution in [-0.4, -0.2) is 39.2 Å². The summed E-state index contributed by atoms with van der Waals surface area (Å²) < 4.78 is 40.7. The highest BCUT2D eigenvalue weighted by Gasteiger charge is 2.33. The number of alkyl halides is 3. The summed E-state index contributed by atoms with van der Waals surface area (Å²) in [4.78, 5) is 23.5. The van der Waals surface area contributed by atoms with Crippen LogP contribution in [-0.2, 0) is 6.18 Å². The van der Waals surface area contributed by atoms with E-state index in [0.717, 1.165) is 17.0 Å². The third-order valence-corrected chi connectivity index (χ3v) is 6.54. The van der Waals surface area contributed by atoms with E-state index < -0.39 is 11.7 Å². The number of anilines is 4. The molecule has 0 atom stereocenters. The molecule has 4 N–H and O–H groups in total. The van der Waals surface area contributed by atoms with Gasteiger partial charge < -0.3 is 20.5 Å². The van der Waals surface area contributed by atoms with Gasteiger partial charge in [-0.2, -0.15) is 18.3 Å². The van der Waals surface area contributed by atoms with Gasteiger partial charge in [-0.3, -0.25) is 9.89 Å². The first-order chi connectivity index (χ1) is 19.5.